The Morgan fingerprint density at radius 2 is 2.15 bits per heavy atom. The Morgan fingerprint density at radius 1 is 1.40 bits per heavy atom. The Hall–Kier alpha value is -2.19. The molecule has 104 valence electrons. The van der Waals surface area contributed by atoms with Crippen molar-refractivity contribution >= 4 is 34.7 Å². The number of nitro groups is 1. The second-order valence-corrected chi connectivity index (χ2v) is 4.97. The number of benzene rings is 1. The third-order valence-electron chi connectivity index (χ3n) is 2.61. The van der Waals surface area contributed by atoms with Gasteiger partial charge in [-0.25, -0.2) is 0 Å². The minimum absolute atomic E-state index is 0.0695. The summed E-state index contributed by atoms with van der Waals surface area (Å²) in [5.74, 6) is -0.419. The SMILES string of the molecule is NCCN1C(=O)S/C(=C\c2cccc([N+](=O)[O-])c2)C1=O. The fraction of sp³-hybridized carbons (Fsp3) is 0.167. The number of nitrogens with zero attached hydrogens (tertiary/aromatic N) is 2. The Morgan fingerprint density at radius 3 is 2.80 bits per heavy atom. The van der Waals surface area contributed by atoms with E-state index in [1.807, 2.05) is 0 Å². The topological polar surface area (TPSA) is 107 Å². The number of nitro benzene ring substituents is 1. The molecule has 0 radical (unpaired) electrons. The van der Waals surface area contributed by atoms with Gasteiger partial charge in [0.25, 0.3) is 16.8 Å². The summed E-state index contributed by atoms with van der Waals surface area (Å²) in [4.78, 5) is 35.0. The molecule has 1 aliphatic heterocycles. The minimum atomic E-state index is -0.516. The zero-order valence-electron chi connectivity index (χ0n) is 10.3. The molecule has 1 heterocycles. The summed E-state index contributed by atoms with van der Waals surface area (Å²) < 4.78 is 0. The van der Waals surface area contributed by atoms with Gasteiger partial charge in [0.05, 0.1) is 9.83 Å². The van der Waals surface area contributed by atoms with Crippen molar-refractivity contribution in [2.24, 2.45) is 5.73 Å². The van der Waals surface area contributed by atoms with Crippen LogP contribution in [0, 0.1) is 10.1 Å². The number of hydrogen-bond acceptors (Lipinski definition) is 6. The lowest BCUT2D eigenvalue weighted by atomic mass is 10.2. The highest BCUT2D eigenvalue weighted by atomic mass is 32.2. The zero-order valence-corrected chi connectivity index (χ0v) is 11.1. The summed E-state index contributed by atoms with van der Waals surface area (Å²) in [6.45, 7) is 0.360. The van der Waals surface area contributed by atoms with E-state index in [0.29, 0.717) is 5.56 Å². The van der Waals surface area contributed by atoms with Crippen molar-refractivity contribution in [2.45, 2.75) is 0 Å². The van der Waals surface area contributed by atoms with Gasteiger partial charge in [-0.2, -0.15) is 0 Å². The molecule has 1 aliphatic rings. The van der Waals surface area contributed by atoms with E-state index < -0.39 is 10.8 Å². The maximum Gasteiger partial charge on any atom is 0.293 e. The van der Waals surface area contributed by atoms with Crippen LogP contribution in [0.5, 0.6) is 0 Å². The van der Waals surface area contributed by atoms with Crippen LogP contribution in [-0.2, 0) is 4.79 Å². The molecule has 0 bridgehead atoms. The summed E-state index contributed by atoms with van der Waals surface area (Å²) in [5.41, 5.74) is 5.76. The average Bonchev–Trinajstić information content (AvgIpc) is 2.67. The molecule has 2 rings (SSSR count). The second-order valence-electron chi connectivity index (χ2n) is 3.97. The summed E-state index contributed by atoms with van der Waals surface area (Å²) in [6, 6.07) is 5.85. The van der Waals surface area contributed by atoms with E-state index in [1.165, 1.54) is 24.3 Å². The fourth-order valence-corrected chi connectivity index (χ4v) is 2.57. The molecule has 0 spiro atoms. The smallest absolute Gasteiger partial charge is 0.293 e. The molecule has 0 saturated carbocycles. The quantitative estimate of drug-likeness (QED) is 0.513. The van der Waals surface area contributed by atoms with Crippen LogP contribution in [0.1, 0.15) is 5.56 Å². The molecule has 20 heavy (non-hydrogen) atoms. The van der Waals surface area contributed by atoms with E-state index in [2.05, 4.69) is 0 Å². The highest BCUT2D eigenvalue weighted by molar-refractivity contribution is 8.18. The van der Waals surface area contributed by atoms with Crippen LogP contribution in [0.3, 0.4) is 0 Å². The van der Waals surface area contributed by atoms with E-state index in [4.69, 9.17) is 5.73 Å². The van der Waals surface area contributed by atoms with Crippen molar-refractivity contribution in [1.82, 2.24) is 4.90 Å². The van der Waals surface area contributed by atoms with Gasteiger partial charge in [0, 0.05) is 25.2 Å². The van der Waals surface area contributed by atoms with Gasteiger partial charge in [-0.3, -0.25) is 24.6 Å². The number of amides is 2. The van der Waals surface area contributed by atoms with Gasteiger partial charge in [0.1, 0.15) is 0 Å². The van der Waals surface area contributed by atoms with Gasteiger partial charge in [0.2, 0.25) is 0 Å². The van der Waals surface area contributed by atoms with Gasteiger partial charge in [0.15, 0.2) is 0 Å². The van der Waals surface area contributed by atoms with E-state index in [9.17, 15) is 19.7 Å². The first-order valence-corrected chi connectivity index (χ1v) is 6.54. The van der Waals surface area contributed by atoms with Crippen LogP contribution < -0.4 is 5.73 Å². The first kappa shape index (κ1) is 14.2. The summed E-state index contributed by atoms with van der Waals surface area (Å²) in [6.07, 6.45) is 1.47. The molecular weight excluding hydrogens is 282 g/mol. The van der Waals surface area contributed by atoms with Crippen LogP contribution in [0.25, 0.3) is 6.08 Å². The zero-order chi connectivity index (χ0) is 14.7. The monoisotopic (exact) mass is 293 g/mol. The summed E-state index contributed by atoms with van der Waals surface area (Å²) in [7, 11) is 0. The van der Waals surface area contributed by atoms with Crippen molar-refractivity contribution in [3.05, 3.63) is 44.8 Å². The highest BCUT2D eigenvalue weighted by Gasteiger charge is 2.34. The van der Waals surface area contributed by atoms with Crippen molar-refractivity contribution < 1.29 is 14.5 Å². The lowest BCUT2D eigenvalue weighted by Gasteiger charge is -2.09. The van der Waals surface area contributed by atoms with E-state index in [1.54, 1.807) is 6.07 Å². The van der Waals surface area contributed by atoms with Crippen molar-refractivity contribution in [1.29, 1.82) is 0 Å². The minimum Gasteiger partial charge on any atom is -0.329 e. The number of carbonyl (C=O) groups excluding carboxylic acids is 2. The molecule has 1 aromatic rings. The summed E-state index contributed by atoms with van der Waals surface area (Å²) >= 11 is 0.804. The number of thioether (sulfide) groups is 1. The molecule has 0 atom stereocenters. The second kappa shape index (κ2) is 5.85. The molecule has 0 unspecified atom stereocenters. The first-order valence-electron chi connectivity index (χ1n) is 5.73. The third kappa shape index (κ3) is 2.86. The van der Waals surface area contributed by atoms with Crippen molar-refractivity contribution in [2.75, 3.05) is 13.1 Å². The van der Waals surface area contributed by atoms with Gasteiger partial charge < -0.3 is 5.73 Å². The third-order valence-corrected chi connectivity index (χ3v) is 3.51. The fourth-order valence-electron chi connectivity index (χ4n) is 1.70. The number of hydrogen-bond donors (Lipinski definition) is 1. The Labute approximate surface area is 118 Å². The number of imide groups is 1. The maximum atomic E-state index is 12.0. The Bertz CT molecular complexity index is 614. The van der Waals surface area contributed by atoms with E-state index in [0.717, 1.165) is 16.7 Å². The largest absolute Gasteiger partial charge is 0.329 e. The Balaban J connectivity index is 2.28. The molecule has 1 fully saturated rings. The Kier molecular flexibility index (Phi) is 4.16. The van der Waals surface area contributed by atoms with Crippen LogP contribution in [-0.4, -0.2) is 34.1 Å². The molecule has 7 nitrogen and oxygen atoms in total. The number of nitrogens with two attached hydrogens (primary N) is 1. The van der Waals surface area contributed by atoms with Crippen LogP contribution in [0.2, 0.25) is 0 Å². The van der Waals surface area contributed by atoms with Crippen LogP contribution in [0.15, 0.2) is 29.2 Å². The first-order chi connectivity index (χ1) is 9.52. The van der Waals surface area contributed by atoms with Gasteiger partial charge in [-0.05, 0) is 23.4 Å². The average molecular weight is 293 g/mol. The van der Waals surface area contributed by atoms with E-state index in [-0.39, 0.29) is 28.9 Å². The van der Waals surface area contributed by atoms with Crippen LogP contribution >= 0.6 is 11.8 Å². The van der Waals surface area contributed by atoms with Crippen molar-refractivity contribution in [3.8, 4) is 0 Å². The molecule has 0 aliphatic carbocycles. The van der Waals surface area contributed by atoms with Gasteiger partial charge >= 0.3 is 0 Å². The lowest BCUT2D eigenvalue weighted by Crippen LogP contribution is -2.33. The maximum absolute atomic E-state index is 12.0. The summed E-state index contributed by atoms with van der Waals surface area (Å²) in [5, 5.41) is 10.3. The molecule has 2 amide bonds. The molecular formula is C12H11N3O4S. The predicted octanol–water partition coefficient (Wildman–Crippen LogP) is 1.59. The lowest BCUT2D eigenvalue weighted by molar-refractivity contribution is -0.384. The normalized spacial score (nSPS) is 17.1. The molecule has 2 N–H and O–H groups in total. The predicted molar refractivity (Wildman–Crippen MR) is 74.8 cm³/mol. The van der Waals surface area contributed by atoms with E-state index >= 15 is 0 Å². The van der Waals surface area contributed by atoms with Crippen LogP contribution in [0.4, 0.5) is 10.5 Å². The highest BCUT2D eigenvalue weighted by Crippen LogP contribution is 2.32. The van der Waals surface area contributed by atoms with Gasteiger partial charge in [-0.1, -0.05) is 12.1 Å². The van der Waals surface area contributed by atoms with Gasteiger partial charge in [-0.15, -0.1) is 0 Å². The molecule has 1 saturated heterocycles. The molecule has 0 aromatic heterocycles. The molecule has 8 heteroatoms. The standard InChI is InChI=1S/C12H11N3O4S/c13-4-5-14-11(16)10(20-12(14)17)7-8-2-1-3-9(6-8)15(18)19/h1-3,6-7H,4-5,13H2/b10-7-. The number of carbonyl (C=O) groups is 2. The number of non-ortho nitro benzene ring substituents is 1. The van der Waals surface area contributed by atoms with Crippen molar-refractivity contribution in [3.63, 3.8) is 0 Å². The number of rotatable bonds is 4. The molecule has 1 aromatic carbocycles.